The van der Waals surface area contributed by atoms with E-state index in [1.54, 1.807) is 38.5 Å². The van der Waals surface area contributed by atoms with Crippen molar-refractivity contribution in [3.63, 3.8) is 0 Å². The lowest BCUT2D eigenvalue weighted by Crippen LogP contribution is -1.88. The summed E-state index contributed by atoms with van der Waals surface area (Å²) in [5.41, 5.74) is 2.26. The second kappa shape index (κ2) is 9.00. The van der Waals surface area contributed by atoms with Gasteiger partial charge in [-0.1, -0.05) is 22.0 Å². The number of rotatable bonds is 4. The van der Waals surface area contributed by atoms with Gasteiger partial charge in [0.1, 0.15) is 17.8 Å². The predicted octanol–water partition coefficient (Wildman–Crippen LogP) is 4.09. The lowest BCUT2D eigenvalue weighted by Gasteiger charge is -2.01. The van der Waals surface area contributed by atoms with Gasteiger partial charge in [-0.2, -0.15) is 0 Å². The summed E-state index contributed by atoms with van der Waals surface area (Å²) in [6.45, 7) is 1.89. The number of hydrogen-bond acceptors (Lipinski definition) is 4. The highest BCUT2D eigenvalue weighted by atomic mass is 79.9. The Kier molecular flexibility index (Phi) is 7.32. The van der Waals surface area contributed by atoms with Crippen LogP contribution in [0.4, 0.5) is 0 Å². The van der Waals surface area contributed by atoms with Crippen molar-refractivity contribution in [1.29, 1.82) is 0 Å². The lowest BCUT2D eigenvalue weighted by molar-refractivity contribution is 0.111. The quantitative estimate of drug-likeness (QED) is 0.766. The monoisotopic (exact) mass is 364 g/mol. The van der Waals surface area contributed by atoms with Crippen molar-refractivity contribution in [3.8, 4) is 11.5 Å². The molecule has 2 aromatic carbocycles. The highest BCUT2D eigenvalue weighted by Crippen LogP contribution is 2.20. The minimum absolute atomic E-state index is 0.601. The van der Waals surface area contributed by atoms with Crippen molar-refractivity contribution in [1.82, 2.24) is 0 Å². The van der Waals surface area contributed by atoms with Crippen LogP contribution in [0.25, 0.3) is 0 Å². The zero-order valence-electron chi connectivity index (χ0n) is 12.6. The van der Waals surface area contributed by atoms with Crippen LogP contribution in [0.2, 0.25) is 0 Å². The van der Waals surface area contributed by atoms with Crippen molar-refractivity contribution in [2.45, 2.75) is 6.92 Å². The zero-order chi connectivity index (χ0) is 16.5. The number of aryl methyl sites for hydroxylation is 1. The van der Waals surface area contributed by atoms with Gasteiger partial charge in [0, 0.05) is 15.6 Å². The van der Waals surface area contributed by atoms with Crippen molar-refractivity contribution in [2.75, 3.05) is 14.2 Å². The molecule has 0 radical (unpaired) electrons. The van der Waals surface area contributed by atoms with Gasteiger partial charge in [0.2, 0.25) is 0 Å². The number of hydrogen-bond donors (Lipinski definition) is 0. The Balaban J connectivity index is 0.000000220. The first-order chi connectivity index (χ1) is 10.5. The van der Waals surface area contributed by atoms with E-state index >= 15 is 0 Å². The van der Waals surface area contributed by atoms with Gasteiger partial charge in [-0.15, -0.1) is 0 Å². The van der Waals surface area contributed by atoms with E-state index in [0.717, 1.165) is 28.4 Å². The summed E-state index contributed by atoms with van der Waals surface area (Å²) in [5.74, 6) is 1.41. The summed E-state index contributed by atoms with van der Waals surface area (Å²) in [6, 6.07) is 10.7. The fraction of sp³-hybridized carbons (Fsp3) is 0.176. The van der Waals surface area contributed by atoms with Gasteiger partial charge in [-0.05, 0) is 42.8 Å². The van der Waals surface area contributed by atoms with Crippen LogP contribution in [0.3, 0.4) is 0 Å². The molecule has 2 aromatic rings. The predicted molar refractivity (Wildman–Crippen MR) is 89.2 cm³/mol. The average Bonchev–Trinajstić information content (AvgIpc) is 2.56. The zero-order valence-corrected chi connectivity index (χ0v) is 14.2. The number of methoxy groups -OCH3 is 2. The molecular formula is C17H17BrO4. The minimum atomic E-state index is 0.601. The van der Waals surface area contributed by atoms with Crippen molar-refractivity contribution in [2.24, 2.45) is 0 Å². The maximum Gasteiger partial charge on any atom is 0.151 e. The maximum absolute atomic E-state index is 10.4. The van der Waals surface area contributed by atoms with E-state index in [4.69, 9.17) is 9.47 Å². The molecule has 0 atom stereocenters. The Morgan fingerprint density at radius 3 is 1.86 bits per heavy atom. The van der Waals surface area contributed by atoms with Gasteiger partial charge in [0.05, 0.1) is 14.2 Å². The highest BCUT2D eigenvalue weighted by Gasteiger charge is 1.99. The number of halogens is 1. The van der Waals surface area contributed by atoms with Gasteiger partial charge in [0.15, 0.2) is 6.29 Å². The van der Waals surface area contributed by atoms with E-state index < -0.39 is 0 Å². The van der Waals surface area contributed by atoms with E-state index in [0.29, 0.717) is 16.9 Å². The molecule has 0 aliphatic heterocycles. The first kappa shape index (κ1) is 17.9. The molecule has 2 rings (SSSR count). The SMILES string of the molecule is COc1ccc(Br)c(C=O)c1.COc1ccc(C)c(C=O)c1. The van der Waals surface area contributed by atoms with Gasteiger partial charge >= 0.3 is 0 Å². The highest BCUT2D eigenvalue weighted by molar-refractivity contribution is 9.10. The normalized spacial score (nSPS) is 9.27. The molecule has 0 N–H and O–H groups in total. The van der Waals surface area contributed by atoms with Crippen molar-refractivity contribution in [3.05, 3.63) is 57.6 Å². The standard InChI is InChI=1S/C9H10O2.C8H7BrO2/c1-7-3-4-9(11-2)5-8(7)6-10;1-11-7-2-3-8(9)6(4-7)5-10/h3-6H,1-2H3;2-5H,1H3. The molecule has 5 heteroatoms. The summed E-state index contributed by atoms with van der Waals surface area (Å²) in [5, 5.41) is 0. The molecule has 0 unspecified atom stereocenters. The second-order valence-electron chi connectivity index (χ2n) is 4.35. The van der Waals surface area contributed by atoms with Crippen LogP contribution in [-0.4, -0.2) is 26.8 Å². The third-order valence-electron chi connectivity index (χ3n) is 2.94. The number of benzene rings is 2. The van der Waals surface area contributed by atoms with Crippen LogP contribution in [0.15, 0.2) is 40.9 Å². The molecule has 116 valence electrons. The van der Waals surface area contributed by atoms with E-state index in [-0.39, 0.29) is 0 Å². The van der Waals surface area contributed by atoms with Gasteiger partial charge in [-0.3, -0.25) is 9.59 Å². The summed E-state index contributed by atoms with van der Waals surface area (Å²) in [6.07, 6.45) is 1.62. The van der Waals surface area contributed by atoms with Gasteiger partial charge in [-0.25, -0.2) is 0 Å². The fourth-order valence-electron chi connectivity index (χ4n) is 1.61. The Hall–Kier alpha value is -2.14. The van der Waals surface area contributed by atoms with Crippen LogP contribution in [0, 0.1) is 6.92 Å². The Morgan fingerprint density at radius 1 is 0.864 bits per heavy atom. The smallest absolute Gasteiger partial charge is 0.151 e. The van der Waals surface area contributed by atoms with Gasteiger partial charge in [0.25, 0.3) is 0 Å². The Labute approximate surface area is 138 Å². The van der Waals surface area contributed by atoms with Crippen molar-refractivity contribution < 1.29 is 19.1 Å². The molecule has 0 fully saturated rings. The molecule has 0 aliphatic rings. The summed E-state index contributed by atoms with van der Waals surface area (Å²) in [7, 11) is 3.15. The molecule has 0 heterocycles. The van der Waals surface area contributed by atoms with Crippen LogP contribution in [0.1, 0.15) is 26.3 Å². The largest absolute Gasteiger partial charge is 0.497 e. The number of carbonyl (C=O) groups excluding carboxylic acids is 2. The maximum atomic E-state index is 10.4. The second-order valence-corrected chi connectivity index (χ2v) is 5.20. The van der Waals surface area contributed by atoms with Crippen LogP contribution >= 0.6 is 15.9 Å². The number of carbonyl (C=O) groups is 2. The Morgan fingerprint density at radius 2 is 1.36 bits per heavy atom. The summed E-state index contributed by atoms with van der Waals surface area (Å²) < 4.78 is 10.7. The summed E-state index contributed by atoms with van der Waals surface area (Å²) in [4.78, 5) is 20.8. The molecule has 0 aliphatic carbocycles. The fourth-order valence-corrected chi connectivity index (χ4v) is 1.95. The molecule has 0 bridgehead atoms. The lowest BCUT2D eigenvalue weighted by atomic mass is 10.1. The molecular weight excluding hydrogens is 348 g/mol. The van der Waals surface area contributed by atoms with Crippen LogP contribution in [-0.2, 0) is 0 Å². The van der Waals surface area contributed by atoms with Crippen LogP contribution < -0.4 is 9.47 Å². The number of aldehydes is 2. The molecule has 0 aromatic heterocycles. The molecule has 0 saturated carbocycles. The van der Waals surface area contributed by atoms with Gasteiger partial charge < -0.3 is 9.47 Å². The van der Waals surface area contributed by atoms with E-state index in [1.165, 1.54) is 0 Å². The van der Waals surface area contributed by atoms with E-state index in [9.17, 15) is 9.59 Å². The molecule has 4 nitrogen and oxygen atoms in total. The van der Waals surface area contributed by atoms with Crippen LogP contribution in [0.5, 0.6) is 11.5 Å². The first-order valence-corrected chi connectivity index (χ1v) is 7.23. The van der Waals surface area contributed by atoms with Crippen molar-refractivity contribution >= 4 is 28.5 Å². The molecule has 0 saturated heterocycles. The first-order valence-electron chi connectivity index (χ1n) is 6.44. The number of ether oxygens (including phenoxy) is 2. The Bertz CT molecular complexity index is 596. The molecule has 0 spiro atoms. The third-order valence-corrected chi connectivity index (χ3v) is 3.67. The topological polar surface area (TPSA) is 52.6 Å². The molecule has 22 heavy (non-hydrogen) atoms. The van der Waals surface area contributed by atoms with E-state index in [2.05, 4.69) is 15.9 Å². The molecule has 0 amide bonds. The third kappa shape index (κ3) is 5.00. The summed E-state index contributed by atoms with van der Waals surface area (Å²) >= 11 is 3.23. The minimum Gasteiger partial charge on any atom is -0.497 e. The van der Waals surface area contributed by atoms with E-state index in [1.807, 2.05) is 19.1 Å². The average molecular weight is 365 g/mol.